The number of tetrazole rings is 1. The lowest BCUT2D eigenvalue weighted by atomic mass is 10.3. The average molecular weight is 313 g/mol. The number of epoxide rings is 1. The second-order valence-corrected chi connectivity index (χ2v) is 5.52. The number of thioether (sulfide) groups is 1. The first-order valence-corrected chi connectivity index (χ1v) is 6.89. The molecule has 0 bridgehead atoms. The molecule has 7 heteroatoms. The fourth-order valence-corrected chi connectivity index (χ4v) is 2.50. The molecule has 3 rings (SSSR count). The van der Waals surface area contributed by atoms with E-state index in [1.54, 1.807) is 16.4 Å². The highest BCUT2D eigenvalue weighted by Gasteiger charge is 2.23. The van der Waals surface area contributed by atoms with Gasteiger partial charge >= 0.3 is 0 Å². The fraction of sp³-hybridized carbons (Fsp3) is 0.300. The Morgan fingerprint density at radius 3 is 2.88 bits per heavy atom. The number of hydrogen-bond donors (Lipinski definition) is 0. The molecule has 0 saturated carbocycles. The summed E-state index contributed by atoms with van der Waals surface area (Å²) in [5.41, 5.74) is 0.956. The largest absolute Gasteiger partial charge is 0.372 e. The van der Waals surface area contributed by atoms with Gasteiger partial charge in [0.2, 0.25) is 5.16 Å². The van der Waals surface area contributed by atoms with E-state index in [1.807, 2.05) is 24.3 Å². The number of halogens is 1. The summed E-state index contributed by atoms with van der Waals surface area (Å²) in [5.74, 6) is 0.900. The number of benzene rings is 1. The Hall–Kier alpha value is -0.920. The topological polar surface area (TPSA) is 56.1 Å². The van der Waals surface area contributed by atoms with Gasteiger partial charge in [0.1, 0.15) is 0 Å². The summed E-state index contributed by atoms with van der Waals surface area (Å²) in [6, 6.07) is 7.88. The van der Waals surface area contributed by atoms with E-state index >= 15 is 0 Å². The summed E-state index contributed by atoms with van der Waals surface area (Å²) in [5, 5.41) is 12.5. The van der Waals surface area contributed by atoms with E-state index in [0.717, 1.165) is 27.7 Å². The van der Waals surface area contributed by atoms with E-state index in [2.05, 4.69) is 31.5 Å². The van der Waals surface area contributed by atoms with E-state index in [0.29, 0.717) is 6.10 Å². The molecular formula is C10H9BrN4OS. The van der Waals surface area contributed by atoms with Crippen LogP contribution in [0.4, 0.5) is 0 Å². The number of hydrogen-bond acceptors (Lipinski definition) is 5. The first-order valence-electron chi connectivity index (χ1n) is 5.11. The van der Waals surface area contributed by atoms with Crippen LogP contribution >= 0.6 is 27.7 Å². The zero-order valence-corrected chi connectivity index (χ0v) is 11.2. The molecule has 1 aromatic heterocycles. The Bertz CT molecular complexity index is 511. The Kier molecular flexibility index (Phi) is 3.13. The monoisotopic (exact) mass is 312 g/mol. The zero-order valence-electron chi connectivity index (χ0n) is 8.78. The number of rotatable bonds is 4. The highest BCUT2D eigenvalue weighted by atomic mass is 79.9. The molecule has 0 amide bonds. The summed E-state index contributed by atoms with van der Waals surface area (Å²) < 4.78 is 7.94. The van der Waals surface area contributed by atoms with Gasteiger partial charge in [-0.3, -0.25) is 0 Å². The van der Waals surface area contributed by atoms with E-state index in [-0.39, 0.29) is 0 Å². The van der Waals surface area contributed by atoms with Crippen molar-refractivity contribution in [2.45, 2.75) is 11.3 Å². The van der Waals surface area contributed by atoms with Crippen molar-refractivity contribution in [3.05, 3.63) is 28.7 Å². The Morgan fingerprint density at radius 1 is 1.41 bits per heavy atom. The van der Waals surface area contributed by atoms with Crippen molar-refractivity contribution in [1.29, 1.82) is 0 Å². The van der Waals surface area contributed by atoms with Crippen LogP contribution in [0, 0.1) is 0 Å². The minimum Gasteiger partial charge on any atom is -0.372 e. The quantitative estimate of drug-likeness (QED) is 0.637. The van der Waals surface area contributed by atoms with E-state index in [9.17, 15) is 0 Å². The molecule has 2 aromatic rings. The maximum Gasteiger partial charge on any atom is 0.214 e. The molecule has 1 aliphatic rings. The van der Waals surface area contributed by atoms with Crippen LogP contribution in [0.1, 0.15) is 0 Å². The Morgan fingerprint density at radius 2 is 2.18 bits per heavy atom. The molecular weight excluding hydrogens is 304 g/mol. The van der Waals surface area contributed by atoms with Gasteiger partial charge in [0.15, 0.2) is 0 Å². The minimum absolute atomic E-state index is 0.370. The van der Waals surface area contributed by atoms with Gasteiger partial charge in [-0.05, 0) is 34.7 Å². The molecule has 17 heavy (non-hydrogen) atoms. The van der Waals surface area contributed by atoms with Gasteiger partial charge in [-0.2, -0.15) is 4.68 Å². The van der Waals surface area contributed by atoms with Gasteiger partial charge in [0.05, 0.1) is 18.4 Å². The van der Waals surface area contributed by atoms with Crippen LogP contribution in [-0.4, -0.2) is 38.7 Å². The molecule has 0 aliphatic carbocycles. The van der Waals surface area contributed by atoms with Crippen LogP contribution in [-0.2, 0) is 4.74 Å². The zero-order chi connectivity index (χ0) is 11.7. The summed E-state index contributed by atoms with van der Waals surface area (Å²) >= 11 is 5.02. The molecule has 1 aliphatic heterocycles. The molecule has 1 saturated heterocycles. The van der Waals surface area contributed by atoms with Crippen molar-refractivity contribution in [1.82, 2.24) is 20.2 Å². The van der Waals surface area contributed by atoms with Crippen molar-refractivity contribution in [3.8, 4) is 5.69 Å². The number of aromatic nitrogens is 4. The molecule has 5 nitrogen and oxygen atoms in total. The fourth-order valence-electron chi connectivity index (χ4n) is 1.35. The van der Waals surface area contributed by atoms with E-state index < -0.39 is 0 Å². The lowest BCUT2D eigenvalue weighted by Crippen LogP contribution is -2.00. The summed E-state index contributed by atoms with van der Waals surface area (Å²) in [6.45, 7) is 0.854. The maximum atomic E-state index is 5.16. The summed E-state index contributed by atoms with van der Waals surface area (Å²) in [7, 11) is 0. The van der Waals surface area contributed by atoms with Gasteiger partial charge in [-0.15, -0.1) is 5.10 Å². The van der Waals surface area contributed by atoms with Crippen molar-refractivity contribution >= 4 is 27.7 Å². The van der Waals surface area contributed by atoms with Crippen molar-refractivity contribution < 1.29 is 4.74 Å². The van der Waals surface area contributed by atoms with Crippen LogP contribution in [0.15, 0.2) is 33.9 Å². The number of ether oxygens (including phenoxy) is 1. The van der Waals surface area contributed by atoms with Gasteiger partial charge < -0.3 is 4.74 Å². The third-order valence-corrected chi connectivity index (χ3v) is 3.89. The average Bonchev–Trinajstić information content (AvgIpc) is 3.06. The van der Waals surface area contributed by atoms with Gasteiger partial charge in [0.25, 0.3) is 0 Å². The van der Waals surface area contributed by atoms with E-state index in [4.69, 9.17) is 4.74 Å². The van der Waals surface area contributed by atoms with E-state index in [1.165, 1.54) is 0 Å². The lowest BCUT2D eigenvalue weighted by Gasteiger charge is -2.03. The third-order valence-electron chi connectivity index (χ3n) is 2.31. The number of nitrogens with zero attached hydrogens (tertiary/aromatic N) is 4. The summed E-state index contributed by atoms with van der Waals surface area (Å²) in [6.07, 6.45) is 0.370. The van der Waals surface area contributed by atoms with Crippen LogP contribution < -0.4 is 0 Å². The predicted octanol–water partition coefficient (Wildman–Crippen LogP) is 1.92. The highest BCUT2D eigenvalue weighted by Crippen LogP contribution is 2.23. The molecule has 88 valence electrons. The molecule has 0 spiro atoms. The smallest absolute Gasteiger partial charge is 0.214 e. The standard InChI is InChI=1S/C10H9BrN4OS/c11-7-1-3-8(4-2-7)15-10(12-13-14-15)17-6-9-5-16-9/h1-4,9H,5-6H2. The Labute approximate surface area is 111 Å². The molecule has 1 unspecified atom stereocenters. The first kappa shape index (κ1) is 11.2. The molecule has 1 aromatic carbocycles. The maximum absolute atomic E-state index is 5.16. The third kappa shape index (κ3) is 2.67. The van der Waals surface area contributed by atoms with Gasteiger partial charge in [-0.1, -0.05) is 27.7 Å². The van der Waals surface area contributed by atoms with Crippen LogP contribution in [0.25, 0.3) is 5.69 Å². The highest BCUT2D eigenvalue weighted by molar-refractivity contribution is 9.10. The first-order chi connectivity index (χ1) is 8.33. The molecule has 0 N–H and O–H groups in total. The van der Waals surface area contributed by atoms with Crippen molar-refractivity contribution in [2.24, 2.45) is 0 Å². The van der Waals surface area contributed by atoms with Gasteiger partial charge in [-0.25, -0.2) is 0 Å². The molecule has 2 heterocycles. The van der Waals surface area contributed by atoms with Crippen LogP contribution in [0.3, 0.4) is 0 Å². The molecule has 1 atom stereocenters. The summed E-state index contributed by atoms with van der Waals surface area (Å²) in [4.78, 5) is 0. The van der Waals surface area contributed by atoms with Crippen molar-refractivity contribution in [3.63, 3.8) is 0 Å². The predicted molar refractivity (Wildman–Crippen MR) is 67.3 cm³/mol. The molecule has 1 fully saturated rings. The normalized spacial score (nSPS) is 18.3. The SMILES string of the molecule is Brc1ccc(-n2nnnc2SCC2CO2)cc1. The van der Waals surface area contributed by atoms with Crippen LogP contribution in [0.2, 0.25) is 0 Å². The minimum atomic E-state index is 0.370. The second-order valence-electron chi connectivity index (χ2n) is 3.62. The lowest BCUT2D eigenvalue weighted by molar-refractivity contribution is 0.426. The van der Waals surface area contributed by atoms with Crippen LogP contribution in [0.5, 0.6) is 0 Å². The Balaban J connectivity index is 1.81. The van der Waals surface area contributed by atoms with Gasteiger partial charge in [0, 0.05) is 10.2 Å². The molecule has 0 radical (unpaired) electrons. The second kappa shape index (κ2) is 4.75. The van der Waals surface area contributed by atoms with Crippen molar-refractivity contribution in [2.75, 3.05) is 12.4 Å².